The number of rotatable bonds is 12. The lowest BCUT2D eigenvalue weighted by atomic mass is 10.0. The lowest BCUT2D eigenvalue weighted by Crippen LogP contribution is -2.37. The lowest BCUT2D eigenvalue weighted by molar-refractivity contribution is -0.0597. The molecule has 14 heteroatoms. The number of aliphatic imine (C=N–C) groups is 1. The molecule has 2 aliphatic rings. The number of ether oxygens (including phenoxy) is 1. The molecule has 0 aromatic heterocycles. The van der Waals surface area contributed by atoms with Crippen LogP contribution in [0, 0.1) is 17.8 Å². The topological polar surface area (TPSA) is 162 Å². The van der Waals surface area contributed by atoms with E-state index in [9.17, 15) is 18.9 Å². The number of hydrogen-bond donors (Lipinski definition) is 3. The minimum Gasteiger partial charge on any atom is -0.384 e. The Morgan fingerprint density at radius 2 is 1.73 bits per heavy atom. The SMILES string of the molecule is C=C1N=C(N)C=CN1[C@@H]1O[C@H](COP(=O)(O)OCC(C)C)[C@@H](OP(=O)(O)OCC(C)C)[C@H]1C. The summed E-state index contributed by atoms with van der Waals surface area (Å²) in [6.07, 6.45) is 0.412. The number of nitrogens with two attached hydrogens (primary N) is 1. The van der Waals surface area contributed by atoms with Crippen molar-refractivity contribution in [3.8, 4) is 0 Å². The van der Waals surface area contributed by atoms with Gasteiger partial charge in [-0.15, -0.1) is 0 Å². The Bertz CT molecular complexity index is 848. The van der Waals surface area contributed by atoms with Crippen molar-refractivity contribution in [3.63, 3.8) is 0 Å². The zero-order valence-corrected chi connectivity index (χ0v) is 21.4. The summed E-state index contributed by atoms with van der Waals surface area (Å²) < 4.78 is 51.3. The van der Waals surface area contributed by atoms with Crippen LogP contribution in [0.1, 0.15) is 34.6 Å². The molecule has 1 saturated heterocycles. The average molecular weight is 511 g/mol. The molecule has 12 nitrogen and oxygen atoms in total. The molecule has 0 amide bonds. The molecule has 6 atom stereocenters. The highest BCUT2D eigenvalue weighted by Crippen LogP contribution is 2.50. The molecule has 1 fully saturated rings. The lowest BCUT2D eigenvalue weighted by Gasteiger charge is -2.31. The van der Waals surface area contributed by atoms with E-state index in [2.05, 4.69) is 11.6 Å². The zero-order valence-electron chi connectivity index (χ0n) is 19.6. The third-order valence-corrected chi connectivity index (χ3v) is 6.62. The summed E-state index contributed by atoms with van der Waals surface area (Å²) in [7, 11) is -8.83. The number of hydrogen-bond acceptors (Lipinski definition) is 10. The fourth-order valence-corrected chi connectivity index (χ4v) is 5.17. The second-order valence-electron chi connectivity index (χ2n) is 8.78. The van der Waals surface area contributed by atoms with E-state index in [1.54, 1.807) is 24.1 Å². The molecule has 0 saturated carbocycles. The van der Waals surface area contributed by atoms with Gasteiger partial charge in [-0.3, -0.25) is 18.1 Å². The first kappa shape index (κ1) is 28.2. The largest absolute Gasteiger partial charge is 0.472 e. The Balaban J connectivity index is 2.18. The highest BCUT2D eigenvalue weighted by atomic mass is 31.2. The molecule has 33 heavy (non-hydrogen) atoms. The van der Waals surface area contributed by atoms with Crippen molar-refractivity contribution in [2.24, 2.45) is 28.5 Å². The molecule has 0 spiro atoms. The summed E-state index contributed by atoms with van der Waals surface area (Å²) in [5.41, 5.74) is 5.69. The first-order valence-electron chi connectivity index (χ1n) is 10.6. The molecule has 2 heterocycles. The molecule has 4 N–H and O–H groups in total. The van der Waals surface area contributed by atoms with Gasteiger partial charge < -0.3 is 25.2 Å². The minimum atomic E-state index is -4.46. The average Bonchev–Trinajstić information content (AvgIpc) is 2.99. The maximum atomic E-state index is 12.5. The first-order valence-corrected chi connectivity index (χ1v) is 13.6. The van der Waals surface area contributed by atoms with Crippen LogP contribution >= 0.6 is 15.6 Å². The maximum Gasteiger partial charge on any atom is 0.472 e. The van der Waals surface area contributed by atoms with Crippen molar-refractivity contribution < 1.29 is 41.7 Å². The van der Waals surface area contributed by atoms with E-state index in [0.717, 1.165) is 0 Å². The van der Waals surface area contributed by atoms with E-state index in [0.29, 0.717) is 5.82 Å². The smallest absolute Gasteiger partial charge is 0.384 e. The molecule has 2 rings (SSSR count). The standard InChI is InChI=1S/C19H35N3O9P2/c1-12(2)9-27-32(23,24)29-11-16-18(31-33(25,26)28-10-13(3)4)14(5)19(30-16)22-8-7-17(20)21-15(22)6/h7-8,12-14,16,18-19H,6,9-11H2,1-5H3,(H2,20,21)(H,23,24)(H,25,26)/t14-,16-,18+,19-/m1/s1. The van der Waals surface area contributed by atoms with Crippen LogP contribution in [0.25, 0.3) is 0 Å². The molecule has 0 aromatic rings. The van der Waals surface area contributed by atoms with Gasteiger partial charge in [-0.2, -0.15) is 0 Å². The van der Waals surface area contributed by atoms with E-state index in [4.69, 9.17) is 28.6 Å². The van der Waals surface area contributed by atoms with Gasteiger partial charge in [-0.1, -0.05) is 41.2 Å². The van der Waals surface area contributed by atoms with Gasteiger partial charge in [-0.25, -0.2) is 14.1 Å². The Labute approximate surface area is 194 Å². The molecule has 0 aliphatic carbocycles. The summed E-state index contributed by atoms with van der Waals surface area (Å²) >= 11 is 0. The van der Waals surface area contributed by atoms with Crippen molar-refractivity contribution in [1.82, 2.24) is 4.90 Å². The van der Waals surface area contributed by atoms with E-state index >= 15 is 0 Å². The summed E-state index contributed by atoms with van der Waals surface area (Å²) in [4.78, 5) is 25.9. The Kier molecular flexibility index (Phi) is 9.88. The zero-order chi connectivity index (χ0) is 25.0. The van der Waals surface area contributed by atoms with Gasteiger partial charge in [-0.05, 0) is 17.9 Å². The fraction of sp³-hybridized carbons (Fsp3) is 0.737. The van der Waals surface area contributed by atoms with Gasteiger partial charge >= 0.3 is 15.6 Å². The normalized spacial score (nSPS) is 29.4. The van der Waals surface area contributed by atoms with Crippen LogP contribution in [0.2, 0.25) is 0 Å². The van der Waals surface area contributed by atoms with Crippen molar-refractivity contribution in [3.05, 3.63) is 24.7 Å². The van der Waals surface area contributed by atoms with Crippen LogP contribution in [0.5, 0.6) is 0 Å². The quantitative estimate of drug-likeness (QED) is 0.330. The van der Waals surface area contributed by atoms with Crippen molar-refractivity contribution >= 4 is 21.5 Å². The number of nitrogens with zero attached hydrogens (tertiary/aromatic N) is 2. The van der Waals surface area contributed by atoms with Gasteiger partial charge in [0.2, 0.25) is 0 Å². The van der Waals surface area contributed by atoms with Crippen LogP contribution in [0.15, 0.2) is 29.7 Å². The third kappa shape index (κ3) is 8.58. The number of phosphoric acid groups is 2. The molecular weight excluding hydrogens is 476 g/mol. The number of phosphoric ester groups is 2. The van der Waals surface area contributed by atoms with Crippen molar-refractivity contribution in [2.45, 2.75) is 53.1 Å². The van der Waals surface area contributed by atoms with E-state index in [-0.39, 0.29) is 30.9 Å². The predicted octanol–water partition coefficient (Wildman–Crippen LogP) is 2.95. The van der Waals surface area contributed by atoms with Crippen LogP contribution in [-0.4, -0.2) is 58.8 Å². The predicted molar refractivity (Wildman–Crippen MR) is 122 cm³/mol. The van der Waals surface area contributed by atoms with E-state index < -0.39 is 46.6 Å². The third-order valence-electron chi connectivity index (χ3n) is 4.68. The Hall–Kier alpha value is -1.07. The summed E-state index contributed by atoms with van der Waals surface area (Å²) in [5, 5.41) is 0. The second kappa shape index (κ2) is 11.6. The molecule has 2 unspecified atom stereocenters. The fourth-order valence-electron chi connectivity index (χ4n) is 3.09. The Morgan fingerprint density at radius 1 is 1.15 bits per heavy atom. The van der Waals surface area contributed by atoms with Gasteiger partial charge in [0.15, 0.2) is 0 Å². The van der Waals surface area contributed by atoms with Crippen LogP contribution < -0.4 is 5.73 Å². The second-order valence-corrected chi connectivity index (χ2v) is 11.6. The monoisotopic (exact) mass is 511 g/mol. The van der Waals surface area contributed by atoms with E-state index in [1.807, 2.05) is 27.7 Å². The molecule has 190 valence electrons. The van der Waals surface area contributed by atoms with Crippen LogP contribution in [0.4, 0.5) is 0 Å². The Morgan fingerprint density at radius 3 is 2.27 bits per heavy atom. The number of amidine groups is 1. The summed E-state index contributed by atoms with van der Waals surface area (Å²) in [6, 6.07) is 0. The van der Waals surface area contributed by atoms with Crippen molar-refractivity contribution in [2.75, 3.05) is 19.8 Å². The summed E-state index contributed by atoms with van der Waals surface area (Å²) in [6.45, 7) is 12.5. The minimum absolute atomic E-state index is 0.00158. The van der Waals surface area contributed by atoms with Gasteiger partial charge in [0.25, 0.3) is 0 Å². The molecule has 0 radical (unpaired) electrons. The first-order chi connectivity index (χ1) is 15.2. The highest BCUT2D eigenvalue weighted by Gasteiger charge is 2.49. The molecule has 0 bridgehead atoms. The van der Waals surface area contributed by atoms with Crippen molar-refractivity contribution in [1.29, 1.82) is 0 Å². The summed E-state index contributed by atoms with van der Waals surface area (Å²) in [5.74, 6) is 0.0538. The van der Waals surface area contributed by atoms with Crippen LogP contribution in [-0.2, 0) is 32.0 Å². The molecule has 2 aliphatic heterocycles. The van der Waals surface area contributed by atoms with Gasteiger partial charge in [0.1, 0.15) is 30.1 Å². The molecule has 0 aromatic carbocycles. The van der Waals surface area contributed by atoms with Gasteiger partial charge in [0, 0.05) is 12.1 Å². The van der Waals surface area contributed by atoms with Crippen LogP contribution in [0.3, 0.4) is 0 Å². The molecular formula is C19H35N3O9P2. The highest BCUT2D eigenvalue weighted by molar-refractivity contribution is 7.47. The maximum absolute atomic E-state index is 12.5. The van der Waals surface area contributed by atoms with Gasteiger partial charge in [0.05, 0.1) is 19.8 Å². The van der Waals surface area contributed by atoms with E-state index in [1.165, 1.54) is 0 Å².